The van der Waals surface area contributed by atoms with Crippen LogP contribution in [0.3, 0.4) is 0 Å². The molecule has 2 aromatic rings. The number of nitrogens with one attached hydrogen (secondary N) is 1. The number of carbonyl (C=O) groups excluding carboxylic acids is 1. The van der Waals surface area contributed by atoms with Crippen LogP contribution in [0.4, 0.5) is 4.39 Å². The van der Waals surface area contributed by atoms with Crippen molar-refractivity contribution in [1.29, 1.82) is 0 Å². The molecule has 0 unspecified atom stereocenters. The lowest BCUT2D eigenvalue weighted by Crippen LogP contribution is -2.41. The van der Waals surface area contributed by atoms with Crippen LogP contribution in [0.1, 0.15) is 42.6 Å². The normalized spacial score (nSPS) is 15.5. The molecule has 0 atom stereocenters. The Morgan fingerprint density at radius 2 is 1.80 bits per heavy atom. The Morgan fingerprint density at radius 1 is 1.10 bits per heavy atom. The van der Waals surface area contributed by atoms with Gasteiger partial charge in [-0.25, -0.2) is 4.39 Å². The molecular weight excluding hydrogens is 385 g/mol. The third-order valence-electron chi connectivity index (χ3n) is 5.28. The van der Waals surface area contributed by atoms with Crippen molar-refractivity contribution >= 4 is 5.91 Å². The van der Waals surface area contributed by atoms with Crippen molar-refractivity contribution in [2.75, 3.05) is 39.4 Å². The van der Waals surface area contributed by atoms with Gasteiger partial charge in [0.2, 0.25) is 0 Å². The first-order valence-electron chi connectivity index (χ1n) is 10.5. The lowest BCUT2D eigenvalue weighted by atomic mass is 10.0. The van der Waals surface area contributed by atoms with Crippen molar-refractivity contribution in [2.45, 2.75) is 39.4 Å². The summed E-state index contributed by atoms with van der Waals surface area (Å²) in [6.07, 6.45) is 0. The van der Waals surface area contributed by atoms with E-state index in [1.54, 1.807) is 18.2 Å². The van der Waals surface area contributed by atoms with Crippen LogP contribution in [0.25, 0.3) is 0 Å². The monoisotopic (exact) mass is 417 g/mol. The van der Waals surface area contributed by atoms with E-state index in [1.165, 1.54) is 12.1 Å². The molecule has 3 rings (SSSR count). The molecule has 1 saturated heterocycles. The number of rotatable bonds is 8. The molecule has 164 valence electrons. The highest BCUT2D eigenvalue weighted by atomic mass is 19.1. The number of amides is 1. The van der Waals surface area contributed by atoms with E-state index in [-0.39, 0.29) is 17.3 Å². The van der Waals surface area contributed by atoms with E-state index in [0.29, 0.717) is 25.4 Å². The van der Waals surface area contributed by atoms with Crippen molar-refractivity contribution < 1.29 is 18.3 Å². The second kappa shape index (κ2) is 10.2. The average molecular weight is 418 g/mol. The molecule has 2 heterocycles. The first-order chi connectivity index (χ1) is 14.3. The molecule has 7 heteroatoms. The van der Waals surface area contributed by atoms with E-state index in [2.05, 4.69) is 35.9 Å². The number of benzene rings is 1. The van der Waals surface area contributed by atoms with Gasteiger partial charge in [-0.2, -0.15) is 0 Å². The van der Waals surface area contributed by atoms with Crippen LogP contribution in [-0.2, 0) is 17.8 Å². The molecule has 30 heavy (non-hydrogen) atoms. The smallest absolute Gasteiger partial charge is 0.287 e. The van der Waals surface area contributed by atoms with Crippen molar-refractivity contribution in [3.63, 3.8) is 0 Å². The Hall–Kier alpha value is -2.22. The molecule has 0 aliphatic carbocycles. The summed E-state index contributed by atoms with van der Waals surface area (Å²) in [5, 5.41) is 2.92. The number of hydrogen-bond acceptors (Lipinski definition) is 5. The zero-order valence-electron chi connectivity index (χ0n) is 18.1. The molecule has 6 nitrogen and oxygen atoms in total. The van der Waals surface area contributed by atoms with Crippen molar-refractivity contribution in [3.05, 3.63) is 59.3 Å². The molecule has 1 N–H and O–H groups in total. The Morgan fingerprint density at radius 3 is 2.47 bits per heavy atom. The first-order valence-corrected chi connectivity index (χ1v) is 10.5. The quantitative estimate of drug-likeness (QED) is 0.714. The maximum Gasteiger partial charge on any atom is 0.287 e. The molecule has 1 amide bonds. The topological polar surface area (TPSA) is 58.0 Å². The summed E-state index contributed by atoms with van der Waals surface area (Å²) in [7, 11) is 0. The zero-order valence-corrected chi connectivity index (χ0v) is 18.1. The van der Waals surface area contributed by atoms with Crippen LogP contribution in [0.15, 0.2) is 40.8 Å². The van der Waals surface area contributed by atoms with Gasteiger partial charge in [-0.05, 0) is 50.6 Å². The Balaban J connectivity index is 1.54. The minimum atomic E-state index is -0.239. The molecular formula is C23H32FN3O3. The lowest BCUT2D eigenvalue weighted by molar-refractivity contribution is 0.0382. The van der Waals surface area contributed by atoms with Gasteiger partial charge in [-0.3, -0.25) is 14.6 Å². The summed E-state index contributed by atoms with van der Waals surface area (Å²) < 4.78 is 24.4. The largest absolute Gasteiger partial charge is 0.455 e. The molecule has 1 fully saturated rings. The summed E-state index contributed by atoms with van der Waals surface area (Å²) in [4.78, 5) is 16.9. The number of halogens is 1. The van der Waals surface area contributed by atoms with E-state index in [9.17, 15) is 9.18 Å². The Kier molecular flexibility index (Phi) is 7.64. The van der Waals surface area contributed by atoms with Gasteiger partial charge in [-0.15, -0.1) is 0 Å². The molecule has 0 bridgehead atoms. The van der Waals surface area contributed by atoms with Gasteiger partial charge < -0.3 is 14.5 Å². The van der Waals surface area contributed by atoms with Crippen LogP contribution in [0.2, 0.25) is 0 Å². The first kappa shape index (κ1) is 22.5. The average Bonchev–Trinajstić information content (AvgIpc) is 3.18. The van der Waals surface area contributed by atoms with E-state index >= 15 is 0 Å². The predicted octanol–water partition coefficient (Wildman–Crippen LogP) is 3.28. The van der Waals surface area contributed by atoms with Crippen molar-refractivity contribution in [1.82, 2.24) is 15.1 Å². The second-order valence-corrected chi connectivity index (χ2v) is 8.63. The van der Waals surface area contributed by atoms with Gasteiger partial charge in [0.05, 0.1) is 19.8 Å². The molecule has 0 saturated carbocycles. The number of carbonyl (C=O) groups is 1. The zero-order chi connectivity index (χ0) is 21.6. The molecule has 1 aliphatic rings. The summed E-state index contributed by atoms with van der Waals surface area (Å²) in [5.74, 6) is 0.611. The maximum atomic E-state index is 13.2. The fourth-order valence-corrected chi connectivity index (χ4v) is 3.35. The van der Waals surface area contributed by atoms with Gasteiger partial charge in [0.25, 0.3) is 5.91 Å². The number of ether oxygens (including phenoxy) is 1. The third-order valence-corrected chi connectivity index (χ3v) is 5.28. The van der Waals surface area contributed by atoms with Crippen LogP contribution in [0, 0.1) is 5.82 Å². The SMILES string of the molecule is CC(C)(C)N(Cc1ccc(F)cc1)Cc1ccc(C(=O)NCCN2CCOCC2)o1. The molecule has 0 radical (unpaired) electrons. The van der Waals surface area contributed by atoms with Crippen LogP contribution in [0.5, 0.6) is 0 Å². The summed E-state index contributed by atoms with van der Waals surface area (Å²) in [6, 6.07) is 10.1. The van der Waals surface area contributed by atoms with Crippen molar-refractivity contribution in [3.8, 4) is 0 Å². The van der Waals surface area contributed by atoms with Gasteiger partial charge in [0.15, 0.2) is 5.76 Å². The third kappa shape index (κ3) is 6.65. The number of nitrogens with zero attached hydrogens (tertiary/aromatic N) is 2. The minimum Gasteiger partial charge on any atom is -0.455 e. The second-order valence-electron chi connectivity index (χ2n) is 8.63. The van der Waals surface area contributed by atoms with Crippen molar-refractivity contribution in [2.24, 2.45) is 0 Å². The van der Waals surface area contributed by atoms with E-state index < -0.39 is 0 Å². The van der Waals surface area contributed by atoms with E-state index in [4.69, 9.17) is 9.15 Å². The van der Waals surface area contributed by atoms with Crippen LogP contribution in [-0.4, -0.2) is 60.6 Å². The van der Waals surface area contributed by atoms with Gasteiger partial charge >= 0.3 is 0 Å². The summed E-state index contributed by atoms with van der Waals surface area (Å²) >= 11 is 0. The maximum absolute atomic E-state index is 13.2. The van der Waals surface area contributed by atoms with E-state index in [0.717, 1.165) is 44.2 Å². The molecule has 1 aromatic carbocycles. The lowest BCUT2D eigenvalue weighted by Gasteiger charge is -2.35. The van der Waals surface area contributed by atoms with Gasteiger partial charge in [0.1, 0.15) is 11.6 Å². The van der Waals surface area contributed by atoms with Gasteiger partial charge in [-0.1, -0.05) is 12.1 Å². The number of furan rings is 1. The molecule has 1 aromatic heterocycles. The van der Waals surface area contributed by atoms with Crippen LogP contribution >= 0.6 is 0 Å². The summed E-state index contributed by atoms with van der Waals surface area (Å²) in [6.45, 7) is 12.3. The predicted molar refractivity (Wildman–Crippen MR) is 114 cm³/mol. The highest BCUT2D eigenvalue weighted by Crippen LogP contribution is 2.22. The highest BCUT2D eigenvalue weighted by Gasteiger charge is 2.23. The molecule has 1 aliphatic heterocycles. The highest BCUT2D eigenvalue weighted by molar-refractivity contribution is 5.91. The van der Waals surface area contributed by atoms with Crippen LogP contribution < -0.4 is 5.32 Å². The standard InChI is InChI=1S/C23H32FN3O3/c1-23(2,3)27(16-18-4-6-19(24)7-5-18)17-20-8-9-21(30-20)22(28)25-10-11-26-12-14-29-15-13-26/h4-9H,10-17H2,1-3H3,(H,25,28). The van der Waals surface area contributed by atoms with Gasteiger partial charge in [0, 0.05) is 38.3 Å². The summed E-state index contributed by atoms with van der Waals surface area (Å²) in [5.41, 5.74) is 0.904. The fourth-order valence-electron chi connectivity index (χ4n) is 3.35. The number of hydrogen-bond donors (Lipinski definition) is 1. The Bertz CT molecular complexity index is 808. The number of morpholine rings is 1. The fraction of sp³-hybridized carbons (Fsp3) is 0.522. The molecule has 0 spiro atoms. The minimum absolute atomic E-state index is 0.123. The van der Waals surface area contributed by atoms with E-state index in [1.807, 2.05) is 6.07 Å². The Labute approximate surface area is 178 Å².